The van der Waals surface area contributed by atoms with Crippen LogP contribution in [0.1, 0.15) is 31.9 Å². The normalized spacial score (nSPS) is 28.0. The topological polar surface area (TPSA) is 64.8 Å². The van der Waals surface area contributed by atoms with Crippen molar-refractivity contribution in [1.29, 1.82) is 5.26 Å². The number of likely N-dealkylation sites (tertiary alicyclic amines) is 1. The first-order chi connectivity index (χ1) is 8.76. The Balaban J connectivity index is 1.61. The lowest BCUT2D eigenvalue weighted by Crippen LogP contribution is -2.31. The Morgan fingerprint density at radius 2 is 2.22 bits per heavy atom. The number of hydrogen-bond donors (Lipinski definition) is 1. The number of hydrogen-bond acceptors (Lipinski definition) is 5. The van der Waals surface area contributed by atoms with Crippen LogP contribution < -0.4 is 5.32 Å². The number of anilines is 1. The van der Waals surface area contributed by atoms with Crippen molar-refractivity contribution >= 4 is 5.82 Å². The zero-order valence-corrected chi connectivity index (χ0v) is 10.5. The van der Waals surface area contributed by atoms with Gasteiger partial charge in [-0.25, -0.2) is 0 Å². The SMILES string of the molecule is CC1CC(Nc2ccc(C#N)nn2)CN1C1CC1. The van der Waals surface area contributed by atoms with Crippen molar-refractivity contribution in [2.24, 2.45) is 0 Å². The maximum atomic E-state index is 8.67. The van der Waals surface area contributed by atoms with Crippen LogP contribution >= 0.6 is 0 Å². The molecule has 5 heteroatoms. The van der Waals surface area contributed by atoms with Gasteiger partial charge in [-0.3, -0.25) is 4.90 Å². The van der Waals surface area contributed by atoms with E-state index >= 15 is 0 Å². The summed E-state index contributed by atoms with van der Waals surface area (Å²) in [4.78, 5) is 2.59. The molecule has 1 N–H and O–H groups in total. The summed E-state index contributed by atoms with van der Waals surface area (Å²) in [5.74, 6) is 0.767. The maximum Gasteiger partial charge on any atom is 0.163 e. The molecule has 2 aliphatic rings. The van der Waals surface area contributed by atoms with Gasteiger partial charge in [0, 0.05) is 24.7 Å². The minimum Gasteiger partial charge on any atom is -0.365 e. The minimum atomic E-state index is 0.361. The molecular weight excluding hydrogens is 226 g/mol. The van der Waals surface area contributed by atoms with Crippen LogP contribution in [0, 0.1) is 11.3 Å². The van der Waals surface area contributed by atoms with E-state index in [4.69, 9.17) is 5.26 Å². The summed E-state index contributed by atoms with van der Waals surface area (Å²) in [5, 5.41) is 19.9. The fourth-order valence-corrected chi connectivity index (χ4v) is 2.75. The van der Waals surface area contributed by atoms with Gasteiger partial charge in [-0.2, -0.15) is 5.26 Å². The molecule has 1 aliphatic carbocycles. The highest BCUT2D eigenvalue weighted by Crippen LogP contribution is 2.33. The van der Waals surface area contributed by atoms with E-state index in [1.807, 2.05) is 12.1 Å². The quantitative estimate of drug-likeness (QED) is 0.869. The van der Waals surface area contributed by atoms with Crippen molar-refractivity contribution in [2.75, 3.05) is 11.9 Å². The summed E-state index contributed by atoms with van der Waals surface area (Å²) in [5.41, 5.74) is 0.361. The van der Waals surface area contributed by atoms with Gasteiger partial charge >= 0.3 is 0 Å². The summed E-state index contributed by atoms with van der Waals surface area (Å²) >= 11 is 0. The summed E-state index contributed by atoms with van der Waals surface area (Å²) in [6.45, 7) is 3.39. The van der Waals surface area contributed by atoms with E-state index < -0.39 is 0 Å². The second-order valence-corrected chi connectivity index (χ2v) is 5.27. The molecule has 0 bridgehead atoms. The Morgan fingerprint density at radius 3 is 2.83 bits per heavy atom. The van der Waals surface area contributed by atoms with Gasteiger partial charge in [-0.15, -0.1) is 10.2 Å². The molecule has 1 saturated carbocycles. The van der Waals surface area contributed by atoms with Crippen molar-refractivity contribution in [3.8, 4) is 6.07 Å². The van der Waals surface area contributed by atoms with E-state index in [9.17, 15) is 0 Å². The summed E-state index contributed by atoms with van der Waals surface area (Å²) in [7, 11) is 0. The molecule has 2 unspecified atom stereocenters. The fraction of sp³-hybridized carbons (Fsp3) is 0.615. The Kier molecular flexibility index (Phi) is 2.88. The molecule has 5 nitrogen and oxygen atoms in total. The Morgan fingerprint density at radius 1 is 1.39 bits per heavy atom. The highest BCUT2D eigenvalue weighted by molar-refractivity contribution is 5.36. The number of nitriles is 1. The molecule has 94 valence electrons. The molecule has 3 rings (SSSR count). The van der Waals surface area contributed by atoms with Gasteiger partial charge < -0.3 is 5.32 Å². The van der Waals surface area contributed by atoms with Crippen LogP contribution in [0.2, 0.25) is 0 Å². The number of aromatic nitrogens is 2. The molecule has 0 aromatic carbocycles. The second-order valence-electron chi connectivity index (χ2n) is 5.27. The van der Waals surface area contributed by atoms with Gasteiger partial charge in [0.15, 0.2) is 5.69 Å². The molecule has 18 heavy (non-hydrogen) atoms. The molecule has 1 aromatic heterocycles. The van der Waals surface area contributed by atoms with Gasteiger partial charge in [0.25, 0.3) is 0 Å². The van der Waals surface area contributed by atoms with E-state index in [1.54, 1.807) is 6.07 Å². The third-order valence-corrected chi connectivity index (χ3v) is 3.77. The van der Waals surface area contributed by atoms with Gasteiger partial charge in [0.05, 0.1) is 0 Å². The molecule has 0 radical (unpaired) electrons. The lowest BCUT2D eigenvalue weighted by atomic mass is 10.2. The van der Waals surface area contributed by atoms with Gasteiger partial charge in [-0.05, 0) is 38.3 Å². The molecule has 1 saturated heterocycles. The summed E-state index contributed by atoms with van der Waals surface area (Å²) < 4.78 is 0. The van der Waals surface area contributed by atoms with Crippen LogP contribution in [0.5, 0.6) is 0 Å². The molecule has 1 aromatic rings. The van der Waals surface area contributed by atoms with Gasteiger partial charge in [-0.1, -0.05) is 0 Å². The Bertz CT molecular complexity index is 459. The lowest BCUT2D eigenvalue weighted by Gasteiger charge is -2.19. The first-order valence-corrected chi connectivity index (χ1v) is 6.52. The van der Waals surface area contributed by atoms with Gasteiger partial charge in [0.2, 0.25) is 0 Å². The monoisotopic (exact) mass is 243 g/mol. The van der Waals surface area contributed by atoms with Crippen molar-refractivity contribution < 1.29 is 0 Å². The van der Waals surface area contributed by atoms with Crippen LogP contribution in [0.25, 0.3) is 0 Å². The Hall–Kier alpha value is -1.67. The van der Waals surface area contributed by atoms with Gasteiger partial charge in [0.1, 0.15) is 11.9 Å². The van der Waals surface area contributed by atoms with Crippen LogP contribution in [-0.4, -0.2) is 39.8 Å². The van der Waals surface area contributed by atoms with Crippen molar-refractivity contribution in [3.05, 3.63) is 17.8 Å². The largest absolute Gasteiger partial charge is 0.365 e. The van der Waals surface area contributed by atoms with Crippen molar-refractivity contribution in [1.82, 2.24) is 15.1 Å². The predicted octanol–water partition coefficient (Wildman–Crippen LogP) is 1.39. The Labute approximate surface area is 107 Å². The van der Waals surface area contributed by atoms with Crippen LogP contribution in [0.3, 0.4) is 0 Å². The molecule has 2 fully saturated rings. The number of rotatable bonds is 3. The highest BCUT2D eigenvalue weighted by Gasteiger charge is 2.38. The van der Waals surface area contributed by atoms with Crippen LogP contribution in [-0.2, 0) is 0 Å². The first-order valence-electron chi connectivity index (χ1n) is 6.52. The molecular formula is C13H17N5. The van der Waals surface area contributed by atoms with Crippen molar-refractivity contribution in [3.63, 3.8) is 0 Å². The van der Waals surface area contributed by atoms with E-state index in [1.165, 1.54) is 12.8 Å². The molecule has 0 spiro atoms. The molecule has 0 amide bonds. The van der Waals surface area contributed by atoms with Crippen molar-refractivity contribution in [2.45, 2.75) is 44.3 Å². The standard InChI is InChI=1S/C13H17N5/c1-9-6-11(8-18(9)12-3-4-12)15-13-5-2-10(7-14)16-17-13/h2,5,9,11-12H,3-4,6,8H2,1H3,(H,15,17). The van der Waals surface area contributed by atoms with E-state index in [0.717, 1.165) is 24.8 Å². The fourth-order valence-electron chi connectivity index (χ4n) is 2.75. The van der Waals surface area contributed by atoms with Crippen LogP contribution in [0.15, 0.2) is 12.1 Å². The summed E-state index contributed by atoms with van der Waals surface area (Å²) in [6.07, 6.45) is 3.86. The maximum absolute atomic E-state index is 8.67. The average Bonchev–Trinajstić information content (AvgIpc) is 3.15. The predicted molar refractivity (Wildman–Crippen MR) is 68.0 cm³/mol. The number of nitrogens with zero attached hydrogens (tertiary/aromatic N) is 4. The van der Waals surface area contributed by atoms with E-state index in [-0.39, 0.29) is 0 Å². The molecule has 2 atom stereocenters. The molecule has 1 aliphatic heterocycles. The molecule has 2 heterocycles. The number of nitrogens with one attached hydrogen (secondary N) is 1. The third-order valence-electron chi connectivity index (χ3n) is 3.77. The lowest BCUT2D eigenvalue weighted by molar-refractivity contribution is 0.257. The first kappa shape index (κ1) is 11.4. The third kappa shape index (κ3) is 2.29. The van der Waals surface area contributed by atoms with E-state index in [0.29, 0.717) is 17.8 Å². The highest BCUT2D eigenvalue weighted by atomic mass is 15.3. The zero-order chi connectivity index (χ0) is 12.5. The van der Waals surface area contributed by atoms with Crippen LogP contribution in [0.4, 0.5) is 5.82 Å². The van der Waals surface area contributed by atoms with E-state index in [2.05, 4.69) is 27.3 Å². The minimum absolute atomic E-state index is 0.361. The average molecular weight is 243 g/mol. The zero-order valence-electron chi connectivity index (χ0n) is 10.5. The second kappa shape index (κ2) is 4.54. The smallest absolute Gasteiger partial charge is 0.163 e. The summed E-state index contributed by atoms with van der Waals surface area (Å²) in [6, 6.07) is 7.43.